The van der Waals surface area contributed by atoms with Gasteiger partial charge in [-0.15, -0.1) is 0 Å². The van der Waals surface area contributed by atoms with E-state index in [9.17, 15) is 8.42 Å². The number of ether oxygens (including phenoxy) is 1. The molecule has 0 radical (unpaired) electrons. The molecule has 1 rings (SSSR count). The van der Waals surface area contributed by atoms with Crippen molar-refractivity contribution in [2.75, 3.05) is 20.2 Å². The number of nitrogens with two attached hydrogens (primary N) is 1. The second kappa shape index (κ2) is 7.61. The Hall–Kier alpha value is -1.11. The highest BCUT2D eigenvalue weighted by atomic mass is 32.2. The predicted molar refractivity (Wildman–Crippen MR) is 80.3 cm³/mol. The molecule has 0 saturated heterocycles. The first-order valence-corrected chi connectivity index (χ1v) is 8.28. The molecule has 1 aromatic carbocycles. The quantitative estimate of drug-likeness (QED) is 0.795. The van der Waals surface area contributed by atoms with Gasteiger partial charge in [0.25, 0.3) is 0 Å². The van der Waals surface area contributed by atoms with Gasteiger partial charge in [-0.3, -0.25) is 0 Å². The first kappa shape index (κ1) is 16.9. The van der Waals surface area contributed by atoms with Gasteiger partial charge in [0.15, 0.2) is 0 Å². The maximum Gasteiger partial charge on any atom is 0.243 e. The second-order valence-electron chi connectivity index (χ2n) is 4.77. The van der Waals surface area contributed by atoms with Crippen LogP contribution in [0.5, 0.6) is 5.75 Å². The average Bonchev–Trinajstić information content (AvgIpc) is 2.45. The number of rotatable bonds is 8. The van der Waals surface area contributed by atoms with E-state index in [-0.39, 0.29) is 10.9 Å². The van der Waals surface area contributed by atoms with E-state index in [1.54, 1.807) is 31.3 Å². The summed E-state index contributed by atoms with van der Waals surface area (Å²) in [6.07, 6.45) is 1.79. The molecule has 0 amide bonds. The third kappa shape index (κ3) is 4.19. The van der Waals surface area contributed by atoms with Crippen LogP contribution in [-0.4, -0.2) is 39.0 Å². The summed E-state index contributed by atoms with van der Waals surface area (Å²) < 4.78 is 31.6. The number of hydrogen-bond acceptors (Lipinski definition) is 4. The highest BCUT2D eigenvalue weighted by Crippen LogP contribution is 2.21. The Labute approximate surface area is 121 Å². The molecule has 1 aromatic rings. The van der Waals surface area contributed by atoms with Gasteiger partial charge in [0.1, 0.15) is 12.4 Å². The zero-order valence-corrected chi connectivity index (χ0v) is 13.2. The number of benzene rings is 1. The second-order valence-corrected chi connectivity index (χ2v) is 6.76. The molecule has 0 aromatic heterocycles. The molecule has 1 unspecified atom stereocenters. The van der Waals surface area contributed by atoms with Crippen LogP contribution in [0.25, 0.3) is 0 Å². The molecule has 0 heterocycles. The lowest BCUT2D eigenvalue weighted by atomic mass is 10.2. The largest absolute Gasteiger partial charge is 0.492 e. The SMILES string of the molecule is CCCC(C)N(C)S(=O)(=O)c1ccc(OCCN)cc1. The van der Waals surface area contributed by atoms with Crippen molar-refractivity contribution in [1.29, 1.82) is 0 Å². The van der Waals surface area contributed by atoms with Crippen molar-refractivity contribution in [2.45, 2.75) is 37.6 Å². The molecular weight excluding hydrogens is 276 g/mol. The Morgan fingerprint density at radius 2 is 1.90 bits per heavy atom. The van der Waals surface area contributed by atoms with Crippen LogP contribution in [0.3, 0.4) is 0 Å². The minimum atomic E-state index is -3.44. The fourth-order valence-corrected chi connectivity index (χ4v) is 3.28. The molecule has 5 nitrogen and oxygen atoms in total. The summed E-state index contributed by atoms with van der Waals surface area (Å²) in [5.74, 6) is 0.624. The minimum absolute atomic E-state index is 0.0156. The standard InChI is InChI=1S/C14H24N2O3S/c1-4-5-12(2)16(3)20(17,18)14-8-6-13(7-9-14)19-11-10-15/h6-9,12H,4-5,10-11,15H2,1-3H3. The first-order valence-electron chi connectivity index (χ1n) is 6.84. The fourth-order valence-electron chi connectivity index (χ4n) is 1.89. The van der Waals surface area contributed by atoms with Crippen LogP contribution in [0.4, 0.5) is 0 Å². The van der Waals surface area contributed by atoms with E-state index in [0.717, 1.165) is 12.8 Å². The minimum Gasteiger partial charge on any atom is -0.492 e. The van der Waals surface area contributed by atoms with Crippen molar-refractivity contribution in [3.05, 3.63) is 24.3 Å². The van der Waals surface area contributed by atoms with Crippen LogP contribution in [0.1, 0.15) is 26.7 Å². The zero-order chi connectivity index (χ0) is 15.2. The lowest BCUT2D eigenvalue weighted by Gasteiger charge is -2.24. The van der Waals surface area contributed by atoms with E-state index in [0.29, 0.717) is 18.9 Å². The molecule has 0 fully saturated rings. The molecule has 20 heavy (non-hydrogen) atoms. The molecule has 0 aliphatic carbocycles. The third-order valence-electron chi connectivity index (χ3n) is 3.21. The van der Waals surface area contributed by atoms with Crippen molar-refractivity contribution in [3.8, 4) is 5.75 Å². The number of sulfonamides is 1. The maximum atomic E-state index is 12.4. The van der Waals surface area contributed by atoms with Crippen LogP contribution >= 0.6 is 0 Å². The van der Waals surface area contributed by atoms with Gasteiger partial charge < -0.3 is 10.5 Å². The van der Waals surface area contributed by atoms with Crippen LogP contribution in [0, 0.1) is 0 Å². The summed E-state index contributed by atoms with van der Waals surface area (Å²) in [5.41, 5.74) is 5.35. The fraction of sp³-hybridized carbons (Fsp3) is 0.571. The third-order valence-corrected chi connectivity index (χ3v) is 5.20. The highest BCUT2D eigenvalue weighted by Gasteiger charge is 2.24. The number of nitrogens with zero attached hydrogens (tertiary/aromatic N) is 1. The van der Waals surface area contributed by atoms with Gasteiger partial charge in [0.05, 0.1) is 4.90 Å². The van der Waals surface area contributed by atoms with Crippen molar-refractivity contribution < 1.29 is 13.2 Å². The molecule has 6 heteroatoms. The highest BCUT2D eigenvalue weighted by molar-refractivity contribution is 7.89. The van der Waals surface area contributed by atoms with Crippen LogP contribution < -0.4 is 10.5 Å². The maximum absolute atomic E-state index is 12.4. The molecule has 114 valence electrons. The van der Waals surface area contributed by atoms with Crippen LogP contribution in [0.2, 0.25) is 0 Å². The monoisotopic (exact) mass is 300 g/mol. The topological polar surface area (TPSA) is 72.6 Å². The summed E-state index contributed by atoms with van der Waals surface area (Å²) in [4.78, 5) is 0.281. The normalized spacial score (nSPS) is 13.4. The van der Waals surface area contributed by atoms with E-state index in [2.05, 4.69) is 0 Å². The zero-order valence-electron chi connectivity index (χ0n) is 12.4. The summed E-state index contributed by atoms with van der Waals surface area (Å²) in [5, 5.41) is 0. The molecule has 0 saturated carbocycles. The van der Waals surface area contributed by atoms with Crippen molar-refractivity contribution >= 4 is 10.0 Å². The van der Waals surface area contributed by atoms with Crippen molar-refractivity contribution in [3.63, 3.8) is 0 Å². The lowest BCUT2D eigenvalue weighted by Crippen LogP contribution is -2.34. The number of hydrogen-bond donors (Lipinski definition) is 1. The summed E-state index contributed by atoms with van der Waals surface area (Å²) in [6.45, 7) is 4.80. The van der Waals surface area contributed by atoms with E-state index in [1.807, 2.05) is 13.8 Å². The lowest BCUT2D eigenvalue weighted by molar-refractivity contribution is 0.328. The van der Waals surface area contributed by atoms with E-state index in [4.69, 9.17) is 10.5 Å². The Morgan fingerprint density at radius 1 is 1.30 bits per heavy atom. The molecule has 0 aliphatic rings. The molecule has 1 atom stereocenters. The molecular formula is C14H24N2O3S. The molecule has 0 spiro atoms. The smallest absolute Gasteiger partial charge is 0.243 e. The summed E-state index contributed by atoms with van der Waals surface area (Å²) in [7, 11) is -1.83. The molecule has 0 aliphatic heterocycles. The van der Waals surface area contributed by atoms with Gasteiger partial charge in [-0.05, 0) is 37.6 Å². The Kier molecular flexibility index (Phi) is 6.45. The Bertz CT molecular complexity index is 500. The van der Waals surface area contributed by atoms with Gasteiger partial charge >= 0.3 is 0 Å². The van der Waals surface area contributed by atoms with Crippen LogP contribution in [0.15, 0.2) is 29.2 Å². The van der Waals surface area contributed by atoms with Gasteiger partial charge in [0, 0.05) is 19.6 Å². The van der Waals surface area contributed by atoms with Gasteiger partial charge in [-0.25, -0.2) is 8.42 Å². The van der Waals surface area contributed by atoms with Crippen molar-refractivity contribution in [1.82, 2.24) is 4.31 Å². The predicted octanol–water partition coefficient (Wildman–Crippen LogP) is 1.83. The summed E-state index contributed by atoms with van der Waals surface area (Å²) >= 11 is 0. The molecule has 0 bridgehead atoms. The van der Waals surface area contributed by atoms with Gasteiger partial charge in [0.2, 0.25) is 10.0 Å². The molecule has 2 N–H and O–H groups in total. The van der Waals surface area contributed by atoms with Crippen LogP contribution in [-0.2, 0) is 10.0 Å². The Balaban J connectivity index is 2.87. The average molecular weight is 300 g/mol. The van der Waals surface area contributed by atoms with E-state index < -0.39 is 10.0 Å². The van der Waals surface area contributed by atoms with Gasteiger partial charge in [-0.2, -0.15) is 4.31 Å². The Morgan fingerprint density at radius 3 is 2.40 bits per heavy atom. The first-order chi connectivity index (χ1) is 9.43. The summed E-state index contributed by atoms with van der Waals surface area (Å²) in [6, 6.07) is 6.42. The van der Waals surface area contributed by atoms with Crippen molar-refractivity contribution in [2.24, 2.45) is 5.73 Å². The van der Waals surface area contributed by atoms with Gasteiger partial charge in [-0.1, -0.05) is 13.3 Å². The van der Waals surface area contributed by atoms with E-state index in [1.165, 1.54) is 4.31 Å². The van der Waals surface area contributed by atoms with E-state index >= 15 is 0 Å².